The highest BCUT2D eigenvalue weighted by molar-refractivity contribution is 5.13. The van der Waals surface area contributed by atoms with Crippen LogP contribution in [0, 0.1) is 0 Å². The first kappa shape index (κ1) is 7.56. The van der Waals surface area contributed by atoms with E-state index in [-0.39, 0.29) is 0 Å². The van der Waals surface area contributed by atoms with Crippen molar-refractivity contribution in [2.75, 3.05) is 20.1 Å². The van der Waals surface area contributed by atoms with Crippen LogP contribution in [0.15, 0.2) is 12.3 Å². The maximum absolute atomic E-state index is 4.62. The van der Waals surface area contributed by atoms with Crippen LogP contribution in [0.2, 0.25) is 0 Å². The summed E-state index contributed by atoms with van der Waals surface area (Å²) in [5, 5.41) is 4.62. The number of nitrogens with zero attached hydrogens (tertiary/aromatic N) is 3. The van der Waals surface area contributed by atoms with Crippen LogP contribution in [0.3, 0.4) is 0 Å². The van der Waals surface area contributed by atoms with Crippen molar-refractivity contribution in [3.8, 4) is 0 Å². The molecule has 1 aromatic heterocycles. The maximum Gasteiger partial charge on any atom is 0.0772 e. The smallest absolute Gasteiger partial charge is 0.0772 e. The molecule has 13 heavy (non-hydrogen) atoms. The molecule has 0 amide bonds. The Balaban J connectivity index is 1.74. The molecule has 2 fully saturated rings. The van der Waals surface area contributed by atoms with Crippen molar-refractivity contribution in [3.63, 3.8) is 0 Å². The lowest BCUT2D eigenvalue weighted by molar-refractivity contribution is 0.130. The molecule has 70 valence electrons. The van der Waals surface area contributed by atoms with Crippen molar-refractivity contribution in [2.45, 2.75) is 24.8 Å². The van der Waals surface area contributed by atoms with Gasteiger partial charge in [0.1, 0.15) is 0 Å². The van der Waals surface area contributed by atoms with Crippen LogP contribution < -0.4 is 0 Å². The third kappa shape index (κ3) is 1.27. The summed E-state index contributed by atoms with van der Waals surface area (Å²) in [7, 11) is 2.15. The van der Waals surface area contributed by atoms with E-state index in [1.54, 1.807) is 0 Å². The molecule has 1 aromatic rings. The molecule has 3 nitrogen and oxygen atoms in total. The van der Waals surface area contributed by atoms with Crippen LogP contribution in [-0.2, 0) is 0 Å². The number of likely N-dealkylation sites (N-methyl/N-ethyl adjacent to an activating group) is 1. The van der Waals surface area contributed by atoms with Crippen LogP contribution in [0.5, 0.6) is 0 Å². The molecule has 1 aliphatic heterocycles. The molecule has 1 aliphatic carbocycles. The summed E-state index contributed by atoms with van der Waals surface area (Å²) < 4.78 is 2.15. The van der Waals surface area contributed by atoms with E-state index >= 15 is 0 Å². The molecule has 0 spiro atoms. The van der Waals surface area contributed by atoms with E-state index in [4.69, 9.17) is 0 Å². The van der Waals surface area contributed by atoms with Crippen LogP contribution in [0.25, 0.3) is 0 Å². The van der Waals surface area contributed by atoms with Crippen molar-refractivity contribution in [2.24, 2.45) is 0 Å². The Morgan fingerprint density at radius 1 is 1.38 bits per heavy atom. The van der Waals surface area contributed by atoms with E-state index in [0.717, 1.165) is 19.0 Å². The molecule has 0 aromatic carbocycles. The predicted molar refractivity (Wildman–Crippen MR) is 50.7 cm³/mol. The first-order valence-corrected chi connectivity index (χ1v) is 5.06. The van der Waals surface area contributed by atoms with Crippen LogP contribution in [0.4, 0.5) is 0 Å². The molecule has 2 aliphatic rings. The van der Waals surface area contributed by atoms with E-state index in [9.17, 15) is 0 Å². The highest BCUT2D eigenvalue weighted by Crippen LogP contribution is 2.39. The monoisotopic (exact) mass is 177 g/mol. The lowest BCUT2D eigenvalue weighted by atomic mass is 10.1. The molecule has 3 rings (SSSR count). The molecule has 0 radical (unpaired) electrons. The molecular formula is C10H15N3. The molecule has 0 N–H and O–H groups in total. The summed E-state index contributed by atoms with van der Waals surface area (Å²) in [6, 6.07) is 2.83. The first-order valence-electron chi connectivity index (χ1n) is 5.06. The molecule has 0 unspecified atom stereocenters. The Hall–Kier alpha value is -0.830. The Labute approximate surface area is 78.3 Å². The zero-order chi connectivity index (χ0) is 8.84. The van der Waals surface area contributed by atoms with Gasteiger partial charge in [-0.25, -0.2) is 0 Å². The van der Waals surface area contributed by atoms with Gasteiger partial charge >= 0.3 is 0 Å². The van der Waals surface area contributed by atoms with Gasteiger partial charge in [0.2, 0.25) is 0 Å². The SMILES string of the molecule is CN1CC(n2ccc(C3CC3)n2)C1. The minimum Gasteiger partial charge on any atom is -0.302 e. The fourth-order valence-electron chi connectivity index (χ4n) is 1.99. The van der Waals surface area contributed by atoms with E-state index in [1.807, 2.05) is 0 Å². The summed E-state index contributed by atoms with van der Waals surface area (Å²) in [6.45, 7) is 2.32. The van der Waals surface area contributed by atoms with E-state index < -0.39 is 0 Å². The van der Waals surface area contributed by atoms with Crippen LogP contribution in [-0.4, -0.2) is 34.8 Å². The van der Waals surface area contributed by atoms with Gasteiger partial charge in [-0.15, -0.1) is 0 Å². The lowest BCUT2D eigenvalue weighted by Crippen LogP contribution is -2.45. The molecule has 1 saturated heterocycles. The number of hydrogen-bond acceptors (Lipinski definition) is 2. The van der Waals surface area contributed by atoms with E-state index in [0.29, 0.717) is 6.04 Å². The van der Waals surface area contributed by atoms with Crippen molar-refractivity contribution >= 4 is 0 Å². The van der Waals surface area contributed by atoms with Gasteiger partial charge in [-0.2, -0.15) is 5.10 Å². The van der Waals surface area contributed by atoms with Gasteiger partial charge in [0.05, 0.1) is 11.7 Å². The molecular weight excluding hydrogens is 162 g/mol. The van der Waals surface area contributed by atoms with Crippen molar-refractivity contribution in [3.05, 3.63) is 18.0 Å². The first-order chi connectivity index (χ1) is 6.33. The van der Waals surface area contributed by atoms with Crippen LogP contribution >= 0.6 is 0 Å². The summed E-state index contributed by atoms with van der Waals surface area (Å²) in [5.74, 6) is 0.791. The summed E-state index contributed by atoms with van der Waals surface area (Å²) >= 11 is 0. The zero-order valence-electron chi connectivity index (χ0n) is 7.98. The summed E-state index contributed by atoms with van der Waals surface area (Å²) in [6.07, 6.45) is 4.84. The van der Waals surface area contributed by atoms with Gasteiger partial charge < -0.3 is 4.90 Å². The molecule has 0 atom stereocenters. The third-order valence-electron chi connectivity index (χ3n) is 3.04. The average Bonchev–Trinajstić information content (AvgIpc) is 2.80. The van der Waals surface area contributed by atoms with Crippen molar-refractivity contribution in [1.29, 1.82) is 0 Å². The Morgan fingerprint density at radius 3 is 2.77 bits per heavy atom. The number of aromatic nitrogens is 2. The largest absolute Gasteiger partial charge is 0.302 e. The highest BCUT2D eigenvalue weighted by atomic mass is 15.4. The van der Waals surface area contributed by atoms with Crippen molar-refractivity contribution in [1.82, 2.24) is 14.7 Å². The Kier molecular flexibility index (Phi) is 1.50. The second kappa shape index (κ2) is 2.58. The predicted octanol–water partition coefficient (Wildman–Crippen LogP) is 1.25. The topological polar surface area (TPSA) is 21.1 Å². The average molecular weight is 177 g/mol. The van der Waals surface area contributed by atoms with Gasteiger partial charge in [0.25, 0.3) is 0 Å². The molecule has 3 heteroatoms. The standard InChI is InChI=1S/C10H15N3/c1-12-6-9(7-12)13-5-4-10(11-13)8-2-3-8/h4-5,8-9H,2-3,6-7H2,1H3. The molecule has 2 heterocycles. The number of rotatable bonds is 2. The lowest BCUT2D eigenvalue weighted by Gasteiger charge is -2.36. The Morgan fingerprint density at radius 2 is 2.15 bits per heavy atom. The summed E-state index contributed by atoms with van der Waals surface area (Å²) in [4.78, 5) is 2.32. The number of likely N-dealkylation sites (tertiary alicyclic amines) is 1. The van der Waals surface area contributed by atoms with Crippen molar-refractivity contribution < 1.29 is 0 Å². The van der Waals surface area contributed by atoms with Crippen LogP contribution in [0.1, 0.15) is 30.5 Å². The quantitative estimate of drug-likeness (QED) is 0.678. The minimum atomic E-state index is 0.637. The highest BCUT2D eigenvalue weighted by Gasteiger charge is 2.29. The molecule has 1 saturated carbocycles. The number of hydrogen-bond donors (Lipinski definition) is 0. The zero-order valence-corrected chi connectivity index (χ0v) is 7.98. The fourth-order valence-corrected chi connectivity index (χ4v) is 1.99. The summed E-state index contributed by atoms with van der Waals surface area (Å²) in [5.41, 5.74) is 1.31. The van der Waals surface area contributed by atoms with E-state index in [1.165, 1.54) is 18.5 Å². The van der Waals surface area contributed by atoms with E-state index in [2.05, 4.69) is 34.0 Å². The second-order valence-corrected chi connectivity index (χ2v) is 4.37. The van der Waals surface area contributed by atoms with Gasteiger partial charge in [0.15, 0.2) is 0 Å². The third-order valence-corrected chi connectivity index (χ3v) is 3.04. The normalized spacial score (nSPS) is 24.7. The second-order valence-electron chi connectivity index (χ2n) is 4.37. The van der Waals surface area contributed by atoms with Gasteiger partial charge in [-0.05, 0) is 26.0 Å². The van der Waals surface area contributed by atoms with Gasteiger partial charge in [0, 0.05) is 25.2 Å². The molecule has 0 bridgehead atoms. The fraction of sp³-hybridized carbons (Fsp3) is 0.700. The Bertz CT molecular complexity index is 308. The van der Waals surface area contributed by atoms with Gasteiger partial charge in [-0.1, -0.05) is 0 Å². The minimum absolute atomic E-state index is 0.637. The maximum atomic E-state index is 4.62. The van der Waals surface area contributed by atoms with Gasteiger partial charge in [-0.3, -0.25) is 4.68 Å².